The molecular formula is C21H26N2O7S2. The standard InChI is InChI=1S/C21H26N2O7S2/c1-16-4-7-18(8-5-16)31(25,26)22(2)21(24)15-17-6-9-19(29-3)20(14-17)32(27,28)23-10-12-30-13-11-23/h4-9,14H,10-13,15H2,1-3H3. The zero-order chi connectivity index (χ0) is 23.5. The first-order valence-electron chi connectivity index (χ1n) is 9.90. The number of benzene rings is 2. The Labute approximate surface area is 188 Å². The molecule has 0 bridgehead atoms. The molecule has 32 heavy (non-hydrogen) atoms. The molecule has 1 aliphatic heterocycles. The van der Waals surface area contributed by atoms with Gasteiger partial charge in [0, 0.05) is 20.1 Å². The molecule has 174 valence electrons. The summed E-state index contributed by atoms with van der Waals surface area (Å²) >= 11 is 0. The van der Waals surface area contributed by atoms with Crippen molar-refractivity contribution in [3.05, 3.63) is 53.6 Å². The first-order valence-corrected chi connectivity index (χ1v) is 12.8. The van der Waals surface area contributed by atoms with Crippen molar-refractivity contribution < 1.29 is 31.1 Å². The zero-order valence-corrected chi connectivity index (χ0v) is 19.8. The van der Waals surface area contributed by atoms with Gasteiger partial charge in [0.05, 0.1) is 31.6 Å². The van der Waals surface area contributed by atoms with Crippen LogP contribution in [0.2, 0.25) is 0 Å². The van der Waals surface area contributed by atoms with Crippen LogP contribution in [0.1, 0.15) is 11.1 Å². The number of likely N-dealkylation sites (N-methyl/N-ethyl adjacent to an activating group) is 1. The van der Waals surface area contributed by atoms with Gasteiger partial charge in [0.25, 0.3) is 10.0 Å². The molecule has 1 amide bonds. The van der Waals surface area contributed by atoms with Gasteiger partial charge in [0.15, 0.2) is 0 Å². The fourth-order valence-corrected chi connectivity index (χ4v) is 5.99. The van der Waals surface area contributed by atoms with Crippen molar-refractivity contribution in [2.24, 2.45) is 0 Å². The summed E-state index contributed by atoms with van der Waals surface area (Å²) in [7, 11) is -5.35. The molecule has 0 unspecified atom stereocenters. The average Bonchev–Trinajstić information content (AvgIpc) is 2.79. The summed E-state index contributed by atoms with van der Waals surface area (Å²) in [5, 5.41) is 0. The number of sulfonamides is 2. The highest BCUT2D eigenvalue weighted by Crippen LogP contribution is 2.29. The van der Waals surface area contributed by atoms with Gasteiger partial charge in [-0.1, -0.05) is 23.8 Å². The molecule has 1 heterocycles. The first kappa shape index (κ1) is 24.2. The third-order valence-corrected chi connectivity index (χ3v) is 8.91. The third-order valence-electron chi connectivity index (χ3n) is 5.20. The van der Waals surface area contributed by atoms with E-state index in [1.807, 2.05) is 6.92 Å². The monoisotopic (exact) mass is 482 g/mol. The number of nitrogens with zero attached hydrogens (tertiary/aromatic N) is 2. The predicted molar refractivity (Wildman–Crippen MR) is 117 cm³/mol. The maximum atomic E-state index is 13.1. The van der Waals surface area contributed by atoms with Gasteiger partial charge in [-0.15, -0.1) is 0 Å². The van der Waals surface area contributed by atoms with E-state index in [4.69, 9.17) is 9.47 Å². The van der Waals surface area contributed by atoms with E-state index < -0.39 is 26.0 Å². The Morgan fingerprint density at radius 1 is 1.06 bits per heavy atom. The smallest absolute Gasteiger partial charge is 0.266 e. The Kier molecular flexibility index (Phi) is 7.23. The second-order valence-electron chi connectivity index (χ2n) is 7.36. The Hall–Kier alpha value is -2.47. The largest absolute Gasteiger partial charge is 0.495 e. The summed E-state index contributed by atoms with van der Waals surface area (Å²) in [6.45, 7) is 2.85. The average molecular weight is 483 g/mol. The van der Waals surface area contributed by atoms with Crippen LogP contribution in [-0.2, 0) is 36.0 Å². The van der Waals surface area contributed by atoms with E-state index in [2.05, 4.69) is 0 Å². The highest BCUT2D eigenvalue weighted by Gasteiger charge is 2.30. The van der Waals surface area contributed by atoms with Gasteiger partial charge in [0.2, 0.25) is 15.9 Å². The molecule has 0 aromatic heterocycles. The molecule has 2 aromatic carbocycles. The van der Waals surface area contributed by atoms with E-state index in [0.717, 1.165) is 5.56 Å². The Morgan fingerprint density at radius 3 is 2.28 bits per heavy atom. The topological polar surface area (TPSA) is 110 Å². The van der Waals surface area contributed by atoms with Crippen LogP contribution in [0.5, 0.6) is 5.75 Å². The van der Waals surface area contributed by atoms with Crippen LogP contribution in [-0.4, -0.2) is 71.8 Å². The lowest BCUT2D eigenvalue weighted by Gasteiger charge is -2.27. The van der Waals surface area contributed by atoms with Gasteiger partial charge in [-0.2, -0.15) is 4.31 Å². The molecule has 9 nitrogen and oxygen atoms in total. The van der Waals surface area contributed by atoms with Gasteiger partial charge in [-0.25, -0.2) is 21.1 Å². The number of hydrogen-bond acceptors (Lipinski definition) is 7. The molecule has 1 fully saturated rings. The zero-order valence-electron chi connectivity index (χ0n) is 18.1. The van der Waals surface area contributed by atoms with Crippen LogP contribution in [0.4, 0.5) is 0 Å². The van der Waals surface area contributed by atoms with Crippen LogP contribution in [0.15, 0.2) is 52.3 Å². The summed E-state index contributed by atoms with van der Waals surface area (Å²) in [6, 6.07) is 10.5. The van der Waals surface area contributed by atoms with Crippen LogP contribution < -0.4 is 4.74 Å². The molecule has 0 aliphatic carbocycles. The summed E-state index contributed by atoms with van der Waals surface area (Å²) in [5.41, 5.74) is 1.25. The first-order chi connectivity index (χ1) is 15.1. The van der Waals surface area contributed by atoms with Crippen molar-refractivity contribution in [1.29, 1.82) is 0 Å². The lowest BCUT2D eigenvalue weighted by molar-refractivity contribution is -0.124. The van der Waals surface area contributed by atoms with Crippen LogP contribution >= 0.6 is 0 Å². The van der Waals surface area contributed by atoms with E-state index >= 15 is 0 Å². The maximum Gasteiger partial charge on any atom is 0.266 e. The lowest BCUT2D eigenvalue weighted by atomic mass is 10.1. The number of carbonyl (C=O) groups excluding carboxylic acids is 1. The number of morpholine rings is 1. The summed E-state index contributed by atoms with van der Waals surface area (Å²) in [6.07, 6.45) is -0.294. The van der Waals surface area contributed by atoms with Crippen LogP contribution in [0, 0.1) is 6.92 Å². The molecule has 0 N–H and O–H groups in total. The van der Waals surface area contributed by atoms with Crippen molar-refractivity contribution in [2.45, 2.75) is 23.1 Å². The van der Waals surface area contributed by atoms with E-state index in [1.165, 1.54) is 42.7 Å². The number of methoxy groups -OCH3 is 1. The van der Waals surface area contributed by atoms with E-state index in [0.29, 0.717) is 23.1 Å². The van der Waals surface area contributed by atoms with Crippen molar-refractivity contribution >= 4 is 26.0 Å². The summed E-state index contributed by atoms with van der Waals surface area (Å²) in [5.74, 6) is -0.543. The van der Waals surface area contributed by atoms with Crippen LogP contribution in [0.25, 0.3) is 0 Å². The van der Waals surface area contributed by atoms with Gasteiger partial charge in [0.1, 0.15) is 10.6 Å². The third kappa shape index (κ3) is 4.96. The molecule has 0 atom stereocenters. The van der Waals surface area contributed by atoms with E-state index in [-0.39, 0.29) is 35.1 Å². The second kappa shape index (κ2) is 9.57. The van der Waals surface area contributed by atoms with Crippen molar-refractivity contribution in [2.75, 3.05) is 40.5 Å². The number of rotatable bonds is 7. The summed E-state index contributed by atoms with van der Waals surface area (Å²) in [4.78, 5) is 12.7. The highest BCUT2D eigenvalue weighted by atomic mass is 32.2. The van der Waals surface area contributed by atoms with Crippen molar-refractivity contribution in [3.8, 4) is 5.75 Å². The summed E-state index contributed by atoms with van der Waals surface area (Å²) < 4.78 is 64.2. The molecule has 2 aromatic rings. The number of carbonyl (C=O) groups is 1. The number of amides is 1. The quantitative estimate of drug-likeness (QED) is 0.587. The lowest BCUT2D eigenvalue weighted by Crippen LogP contribution is -2.40. The molecule has 0 spiro atoms. The SMILES string of the molecule is COc1ccc(CC(=O)N(C)S(=O)(=O)c2ccc(C)cc2)cc1S(=O)(=O)N1CCOCC1. The fourth-order valence-electron chi connectivity index (χ4n) is 3.25. The number of hydrogen-bond donors (Lipinski definition) is 0. The minimum atomic E-state index is -4.02. The predicted octanol–water partition coefficient (Wildman–Crippen LogP) is 1.41. The van der Waals surface area contributed by atoms with Gasteiger partial charge in [-0.05, 0) is 36.8 Å². The molecule has 0 saturated carbocycles. The second-order valence-corrected chi connectivity index (χ2v) is 11.2. The van der Waals surface area contributed by atoms with Gasteiger partial charge >= 0.3 is 0 Å². The molecule has 11 heteroatoms. The van der Waals surface area contributed by atoms with Crippen molar-refractivity contribution in [3.63, 3.8) is 0 Å². The Balaban J connectivity index is 1.86. The van der Waals surface area contributed by atoms with Crippen molar-refractivity contribution in [1.82, 2.24) is 8.61 Å². The fraction of sp³-hybridized carbons (Fsp3) is 0.381. The van der Waals surface area contributed by atoms with E-state index in [9.17, 15) is 21.6 Å². The number of aryl methyl sites for hydroxylation is 1. The Morgan fingerprint density at radius 2 is 1.69 bits per heavy atom. The molecule has 1 saturated heterocycles. The molecule has 0 radical (unpaired) electrons. The van der Waals surface area contributed by atoms with E-state index in [1.54, 1.807) is 18.2 Å². The highest BCUT2D eigenvalue weighted by molar-refractivity contribution is 7.89. The normalized spacial score (nSPS) is 15.3. The molecular weight excluding hydrogens is 456 g/mol. The Bertz CT molecular complexity index is 1190. The van der Waals surface area contributed by atoms with Crippen LogP contribution in [0.3, 0.4) is 0 Å². The number of ether oxygens (including phenoxy) is 2. The minimum Gasteiger partial charge on any atom is -0.495 e. The van der Waals surface area contributed by atoms with Gasteiger partial charge in [-0.3, -0.25) is 4.79 Å². The molecule has 1 aliphatic rings. The maximum absolute atomic E-state index is 13.1. The molecule has 3 rings (SSSR count). The minimum absolute atomic E-state index is 0.00395. The van der Waals surface area contributed by atoms with Gasteiger partial charge < -0.3 is 9.47 Å².